The molecule has 186 valence electrons. The molecule has 1 amide bonds. The molecule has 0 unspecified atom stereocenters. The van der Waals surface area contributed by atoms with Gasteiger partial charge in [0, 0.05) is 42.1 Å². The third-order valence-electron chi connectivity index (χ3n) is 7.00. The van der Waals surface area contributed by atoms with E-state index >= 15 is 0 Å². The summed E-state index contributed by atoms with van der Waals surface area (Å²) in [4.78, 5) is 23.6. The zero-order valence-corrected chi connectivity index (χ0v) is 20.3. The number of halogens is 1. The molecule has 9 nitrogen and oxygen atoms in total. The van der Waals surface area contributed by atoms with Crippen molar-refractivity contribution in [2.75, 3.05) is 29.0 Å². The Bertz CT molecular complexity index is 1180. The molecule has 35 heavy (non-hydrogen) atoms. The highest BCUT2D eigenvalue weighted by Crippen LogP contribution is 2.30. The van der Waals surface area contributed by atoms with Crippen LogP contribution in [0.4, 0.5) is 21.6 Å². The first kappa shape index (κ1) is 23.5. The zero-order valence-electron chi connectivity index (χ0n) is 20.3. The standard InChI is InChI=1S/C25H33FN8O/c1-3-33(4-2)19-9-7-17(8-10-19)30-23-14-20(29-16-5-6-16)24-28-15-21(34(24)32-23)25(35)31-18-11-12-27-22(26)13-18/h11-17,19,29H,3-10H2,1-2H3,(H,30,32)(H,27,31,35)/t17-,19-. The first-order valence-corrected chi connectivity index (χ1v) is 12.6. The number of rotatable bonds is 9. The van der Waals surface area contributed by atoms with Crippen molar-refractivity contribution in [1.29, 1.82) is 0 Å². The van der Waals surface area contributed by atoms with E-state index in [0.717, 1.165) is 57.3 Å². The van der Waals surface area contributed by atoms with Crippen LogP contribution in [0.25, 0.3) is 5.65 Å². The number of hydrogen-bond donors (Lipinski definition) is 3. The molecule has 3 aromatic heterocycles. The van der Waals surface area contributed by atoms with E-state index in [-0.39, 0.29) is 5.69 Å². The van der Waals surface area contributed by atoms with Crippen molar-refractivity contribution in [1.82, 2.24) is 24.5 Å². The summed E-state index contributed by atoms with van der Waals surface area (Å²) in [5.74, 6) is -0.351. The number of nitrogens with one attached hydrogen (secondary N) is 3. The molecule has 3 aromatic rings. The van der Waals surface area contributed by atoms with Crippen molar-refractivity contribution in [3.05, 3.63) is 42.2 Å². The number of imidazole rings is 1. The number of anilines is 3. The summed E-state index contributed by atoms with van der Waals surface area (Å²) in [6.45, 7) is 6.63. The lowest BCUT2D eigenvalue weighted by atomic mass is 9.90. The van der Waals surface area contributed by atoms with Crippen LogP contribution in [-0.4, -0.2) is 61.6 Å². The van der Waals surface area contributed by atoms with Crippen molar-refractivity contribution >= 4 is 28.7 Å². The molecular weight excluding hydrogens is 447 g/mol. The van der Waals surface area contributed by atoms with Crippen LogP contribution in [0.1, 0.15) is 62.9 Å². The van der Waals surface area contributed by atoms with Crippen molar-refractivity contribution in [2.45, 2.75) is 70.5 Å². The molecule has 2 saturated carbocycles. The zero-order chi connectivity index (χ0) is 24.4. The Hall–Kier alpha value is -3.27. The number of fused-ring (bicyclic) bond motifs is 1. The highest BCUT2D eigenvalue weighted by molar-refractivity contribution is 6.03. The van der Waals surface area contributed by atoms with Gasteiger partial charge in [-0.2, -0.15) is 4.39 Å². The topological polar surface area (TPSA) is 99.5 Å². The maximum absolute atomic E-state index is 13.5. The Morgan fingerprint density at radius 2 is 1.77 bits per heavy atom. The maximum atomic E-state index is 13.5. The fraction of sp³-hybridized carbons (Fsp3) is 0.520. The normalized spacial score (nSPS) is 20.2. The average molecular weight is 481 g/mol. The Morgan fingerprint density at radius 1 is 1.06 bits per heavy atom. The molecular formula is C25H33FN8O. The number of amides is 1. The molecule has 3 heterocycles. The summed E-state index contributed by atoms with van der Waals surface area (Å²) in [6, 6.07) is 6.12. The molecule has 0 saturated heterocycles. The molecule has 2 aliphatic carbocycles. The van der Waals surface area contributed by atoms with Crippen LogP contribution in [0.15, 0.2) is 30.6 Å². The molecule has 5 rings (SSSR count). The molecule has 0 atom stereocenters. The van der Waals surface area contributed by atoms with Crippen LogP contribution in [0.2, 0.25) is 0 Å². The molecule has 10 heteroatoms. The fourth-order valence-corrected chi connectivity index (χ4v) is 4.96. The van der Waals surface area contributed by atoms with Crippen molar-refractivity contribution in [3.8, 4) is 0 Å². The highest BCUT2D eigenvalue weighted by Gasteiger charge is 2.27. The van der Waals surface area contributed by atoms with E-state index in [9.17, 15) is 9.18 Å². The molecule has 2 fully saturated rings. The van der Waals surface area contributed by atoms with E-state index in [2.05, 4.69) is 44.7 Å². The molecule has 0 aromatic carbocycles. The number of hydrogen-bond acceptors (Lipinski definition) is 7. The van der Waals surface area contributed by atoms with Crippen LogP contribution in [0.3, 0.4) is 0 Å². The predicted octanol–water partition coefficient (Wildman–Crippen LogP) is 4.15. The van der Waals surface area contributed by atoms with Gasteiger partial charge in [-0.05, 0) is 57.7 Å². The Balaban J connectivity index is 1.37. The van der Waals surface area contributed by atoms with E-state index in [0.29, 0.717) is 35.3 Å². The van der Waals surface area contributed by atoms with Gasteiger partial charge in [-0.15, -0.1) is 5.10 Å². The van der Waals surface area contributed by atoms with Crippen LogP contribution < -0.4 is 16.0 Å². The first-order valence-electron chi connectivity index (χ1n) is 12.6. The molecule has 0 aliphatic heterocycles. The second-order valence-corrected chi connectivity index (χ2v) is 9.43. The van der Waals surface area contributed by atoms with Crippen molar-refractivity contribution in [2.24, 2.45) is 0 Å². The van der Waals surface area contributed by atoms with Gasteiger partial charge in [0.05, 0.1) is 11.9 Å². The van der Waals surface area contributed by atoms with E-state index in [1.807, 2.05) is 6.07 Å². The average Bonchev–Trinajstić information content (AvgIpc) is 3.56. The Kier molecular flexibility index (Phi) is 6.81. The molecule has 0 spiro atoms. The lowest BCUT2D eigenvalue weighted by molar-refractivity contribution is 0.102. The largest absolute Gasteiger partial charge is 0.379 e. The van der Waals surface area contributed by atoms with Crippen LogP contribution in [0.5, 0.6) is 0 Å². The van der Waals surface area contributed by atoms with Gasteiger partial charge >= 0.3 is 0 Å². The van der Waals surface area contributed by atoms with E-state index in [1.165, 1.54) is 18.5 Å². The van der Waals surface area contributed by atoms with Crippen molar-refractivity contribution < 1.29 is 9.18 Å². The molecule has 3 N–H and O–H groups in total. The third kappa shape index (κ3) is 5.37. The van der Waals surface area contributed by atoms with Gasteiger partial charge in [0.25, 0.3) is 5.91 Å². The minimum atomic E-state index is -0.655. The lowest BCUT2D eigenvalue weighted by Gasteiger charge is -2.36. The van der Waals surface area contributed by atoms with Gasteiger partial charge < -0.3 is 20.9 Å². The maximum Gasteiger partial charge on any atom is 0.276 e. The quantitative estimate of drug-likeness (QED) is 0.396. The smallest absolute Gasteiger partial charge is 0.276 e. The number of nitrogens with zero attached hydrogens (tertiary/aromatic N) is 5. The summed E-state index contributed by atoms with van der Waals surface area (Å²) >= 11 is 0. The fourth-order valence-electron chi connectivity index (χ4n) is 4.96. The van der Waals surface area contributed by atoms with Crippen LogP contribution >= 0.6 is 0 Å². The highest BCUT2D eigenvalue weighted by atomic mass is 19.1. The Labute approximate surface area is 204 Å². The van der Waals surface area contributed by atoms with E-state index < -0.39 is 11.9 Å². The number of carbonyl (C=O) groups is 1. The monoisotopic (exact) mass is 480 g/mol. The second-order valence-electron chi connectivity index (χ2n) is 9.43. The van der Waals surface area contributed by atoms with E-state index in [4.69, 9.17) is 5.10 Å². The summed E-state index contributed by atoms with van der Waals surface area (Å²) in [5, 5.41) is 14.6. The van der Waals surface area contributed by atoms with Gasteiger partial charge in [0.1, 0.15) is 5.82 Å². The Morgan fingerprint density at radius 3 is 2.46 bits per heavy atom. The summed E-state index contributed by atoms with van der Waals surface area (Å²) in [5.41, 5.74) is 2.06. The first-order chi connectivity index (χ1) is 17.0. The number of pyridine rings is 1. The summed E-state index contributed by atoms with van der Waals surface area (Å²) in [7, 11) is 0. The lowest BCUT2D eigenvalue weighted by Crippen LogP contribution is -2.40. The number of carbonyl (C=O) groups excluding carboxylic acids is 1. The second kappa shape index (κ2) is 10.2. The third-order valence-corrected chi connectivity index (χ3v) is 7.00. The van der Waals surface area contributed by atoms with Crippen LogP contribution in [0, 0.1) is 5.95 Å². The summed E-state index contributed by atoms with van der Waals surface area (Å²) in [6.07, 6.45) is 9.54. The molecule has 0 radical (unpaired) electrons. The van der Waals surface area contributed by atoms with Gasteiger partial charge in [-0.25, -0.2) is 14.5 Å². The SMILES string of the molecule is CCN(CC)[C@H]1CC[C@H](Nc2cc(NC3CC3)c3ncc(C(=O)Nc4ccnc(F)c4)n3n2)CC1. The minimum Gasteiger partial charge on any atom is -0.379 e. The number of aromatic nitrogens is 4. The summed E-state index contributed by atoms with van der Waals surface area (Å²) < 4.78 is 15.0. The minimum absolute atomic E-state index is 0.282. The van der Waals surface area contributed by atoms with Crippen LogP contribution in [-0.2, 0) is 0 Å². The van der Waals surface area contributed by atoms with Gasteiger partial charge in [-0.1, -0.05) is 13.8 Å². The van der Waals surface area contributed by atoms with E-state index in [1.54, 1.807) is 10.6 Å². The van der Waals surface area contributed by atoms with Gasteiger partial charge in [0.15, 0.2) is 11.3 Å². The van der Waals surface area contributed by atoms with Gasteiger partial charge in [0.2, 0.25) is 5.95 Å². The molecule has 2 aliphatic rings. The molecule has 0 bridgehead atoms. The van der Waals surface area contributed by atoms with Gasteiger partial charge in [-0.3, -0.25) is 4.79 Å². The van der Waals surface area contributed by atoms with Crippen molar-refractivity contribution in [3.63, 3.8) is 0 Å². The predicted molar refractivity (Wildman–Crippen MR) is 134 cm³/mol.